The van der Waals surface area contributed by atoms with Crippen LogP contribution in [-0.2, 0) is 14.8 Å². The van der Waals surface area contributed by atoms with Crippen LogP contribution in [0, 0.1) is 0 Å². The summed E-state index contributed by atoms with van der Waals surface area (Å²) in [5.41, 5.74) is 1.74. The number of nitrogens with zero attached hydrogens (tertiary/aromatic N) is 1. The Labute approximate surface area is 139 Å². The van der Waals surface area contributed by atoms with Crippen molar-refractivity contribution in [3.8, 4) is 0 Å². The number of hydrogen-bond donors (Lipinski definition) is 2. The smallest absolute Gasteiger partial charge is 0.261 e. The van der Waals surface area contributed by atoms with Crippen molar-refractivity contribution in [1.82, 2.24) is 4.98 Å². The second-order valence-corrected chi connectivity index (χ2v) is 6.90. The largest absolute Gasteiger partial charge is 0.326 e. The Morgan fingerprint density at radius 1 is 1.00 bits per heavy atom. The van der Waals surface area contributed by atoms with Crippen molar-refractivity contribution in [1.29, 1.82) is 0 Å². The first-order valence-corrected chi connectivity index (χ1v) is 8.68. The van der Waals surface area contributed by atoms with Crippen LogP contribution >= 0.6 is 0 Å². The molecule has 0 spiro atoms. The predicted molar refractivity (Wildman–Crippen MR) is 93.3 cm³/mol. The number of rotatable bonds is 4. The number of pyridine rings is 1. The van der Waals surface area contributed by atoms with E-state index in [0.717, 1.165) is 10.9 Å². The summed E-state index contributed by atoms with van der Waals surface area (Å²) >= 11 is 0. The van der Waals surface area contributed by atoms with Crippen molar-refractivity contribution in [3.63, 3.8) is 0 Å². The van der Waals surface area contributed by atoms with Gasteiger partial charge in [-0.15, -0.1) is 0 Å². The van der Waals surface area contributed by atoms with E-state index in [9.17, 15) is 13.2 Å². The summed E-state index contributed by atoms with van der Waals surface area (Å²) in [6, 6.07) is 14.8. The van der Waals surface area contributed by atoms with Crippen LogP contribution in [0.1, 0.15) is 6.92 Å². The molecule has 0 atom stereocenters. The van der Waals surface area contributed by atoms with Crippen molar-refractivity contribution in [2.75, 3.05) is 10.0 Å². The molecular formula is C17H15N3O3S. The van der Waals surface area contributed by atoms with Gasteiger partial charge in [-0.2, -0.15) is 0 Å². The first kappa shape index (κ1) is 15.9. The maximum Gasteiger partial charge on any atom is 0.261 e. The molecule has 6 nitrogen and oxygen atoms in total. The molecule has 0 bridgehead atoms. The van der Waals surface area contributed by atoms with Crippen LogP contribution in [0.15, 0.2) is 65.7 Å². The topological polar surface area (TPSA) is 88.2 Å². The van der Waals surface area contributed by atoms with Crippen molar-refractivity contribution in [2.45, 2.75) is 11.8 Å². The van der Waals surface area contributed by atoms with E-state index in [1.807, 2.05) is 6.07 Å². The van der Waals surface area contributed by atoms with Crippen LogP contribution in [0.3, 0.4) is 0 Å². The zero-order chi connectivity index (χ0) is 17.2. The lowest BCUT2D eigenvalue weighted by molar-refractivity contribution is -0.114. The Kier molecular flexibility index (Phi) is 4.18. The van der Waals surface area contributed by atoms with E-state index in [4.69, 9.17) is 0 Å². The summed E-state index contributed by atoms with van der Waals surface area (Å²) < 4.78 is 27.5. The standard InChI is InChI=1S/C17H15N3O3S/c1-12(21)19-14-4-6-15(7-5-14)20-24(22,23)16-8-9-17-13(11-16)3-2-10-18-17/h2-11,20H,1H3,(H,19,21). The summed E-state index contributed by atoms with van der Waals surface area (Å²) in [5.74, 6) is -0.187. The molecule has 0 saturated heterocycles. The second kappa shape index (κ2) is 6.29. The van der Waals surface area contributed by atoms with Crippen molar-refractivity contribution in [3.05, 3.63) is 60.8 Å². The third-order valence-corrected chi connectivity index (χ3v) is 4.72. The van der Waals surface area contributed by atoms with Gasteiger partial charge >= 0.3 is 0 Å². The minimum absolute atomic E-state index is 0.161. The van der Waals surface area contributed by atoms with E-state index >= 15 is 0 Å². The van der Waals surface area contributed by atoms with Gasteiger partial charge in [0.25, 0.3) is 10.0 Å². The lowest BCUT2D eigenvalue weighted by Crippen LogP contribution is -2.13. The van der Waals surface area contributed by atoms with Gasteiger partial charge in [-0.3, -0.25) is 14.5 Å². The van der Waals surface area contributed by atoms with Crippen molar-refractivity contribution in [2.24, 2.45) is 0 Å². The third kappa shape index (κ3) is 3.52. The van der Waals surface area contributed by atoms with Crippen LogP contribution in [0.25, 0.3) is 10.9 Å². The fourth-order valence-electron chi connectivity index (χ4n) is 2.26. The van der Waals surface area contributed by atoms with Gasteiger partial charge in [-0.1, -0.05) is 6.07 Å². The van der Waals surface area contributed by atoms with E-state index in [1.165, 1.54) is 13.0 Å². The molecule has 2 aromatic carbocycles. The Hall–Kier alpha value is -2.93. The number of amides is 1. The highest BCUT2D eigenvalue weighted by Gasteiger charge is 2.14. The molecule has 3 rings (SSSR count). The van der Waals surface area contributed by atoms with Gasteiger partial charge in [-0.25, -0.2) is 8.42 Å². The monoisotopic (exact) mass is 341 g/mol. The Morgan fingerprint density at radius 2 is 1.71 bits per heavy atom. The molecule has 7 heteroatoms. The van der Waals surface area contributed by atoms with Crippen LogP contribution < -0.4 is 10.0 Å². The summed E-state index contributed by atoms with van der Waals surface area (Å²) in [4.78, 5) is 15.3. The molecule has 1 heterocycles. The highest BCUT2D eigenvalue weighted by Crippen LogP contribution is 2.21. The fraction of sp³-hybridized carbons (Fsp3) is 0.0588. The molecule has 2 N–H and O–H groups in total. The average molecular weight is 341 g/mol. The molecule has 0 aliphatic heterocycles. The van der Waals surface area contributed by atoms with E-state index in [1.54, 1.807) is 48.7 Å². The zero-order valence-corrected chi connectivity index (χ0v) is 13.7. The number of nitrogens with one attached hydrogen (secondary N) is 2. The predicted octanol–water partition coefficient (Wildman–Crippen LogP) is 2.99. The average Bonchev–Trinajstić information content (AvgIpc) is 2.55. The van der Waals surface area contributed by atoms with Crippen LogP contribution in [0.2, 0.25) is 0 Å². The number of sulfonamides is 1. The van der Waals surface area contributed by atoms with Crippen LogP contribution in [0.4, 0.5) is 11.4 Å². The summed E-state index contributed by atoms with van der Waals surface area (Å²) in [6.07, 6.45) is 1.66. The molecule has 0 radical (unpaired) electrons. The quantitative estimate of drug-likeness (QED) is 0.763. The third-order valence-electron chi connectivity index (χ3n) is 3.34. The van der Waals surface area contributed by atoms with Gasteiger partial charge in [0.15, 0.2) is 0 Å². The molecule has 0 fully saturated rings. The number of aromatic nitrogens is 1. The van der Waals surface area contributed by atoms with Gasteiger partial charge in [0, 0.05) is 29.9 Å². The van der Waals surface area contributed by atoms with Crippen LogP contribution in [-0.4, -0.2) is 19.3 Å². The summed E-state index contributed by atoms with van der Waals surface area (Å²) in [7, 11) is -3.71. The van der Waals surface area contributed by atoms with Gasteiger partial charge in [-0.05, 0) is 48.5 Å². The maximum atomic E-state index is 12.5. The van der Waals surface area contributed by atoms with Gasteiger partial charge in [0.1, 0.15) is 0 Å². The number of fused-ring (bicyclic) bond motifs is 1. The molecule has 1 amide bonds. The molecule has 0 unspecified atom stereocenters. The van der Waals surface area contributed by atoms with E-state index in [2.05, 4.69) is 15.0 Å². The fourth-order valence-corrected chi connectivity index (χ4v) is 3.35. The molecule has 3 aromatic rings. The Bertz CT molecular complexity index is 999. The van der Waals surface area contributed by atoms with Crippen molar-refractivity contribution < 1.29 is 13.2 Å². The number of carbonyl (C=O) groups excluding carboxylic acids is 1. The molecule has 122 valence electrons. The first-order valence-electron chi connectivity index (χ1n) is 7.19. The molecule has 1 aromatic heterocycles. The Balaban J connectivity index is 1.85. The SMILES string of the molecule is CC(=O)Nc1ccc(NS(=O)(=O)c2ccc3ncccc3c2)cc1. The molecule has 0 aliphatic rings. The molecule has 0 saturated carbocycles. The number of anilines is 2. The van der Waals surface area contributed by atoms with E-state index in [0.29, 0.717) is 11.4 Å². The Morgan fingerprint density at radius 3 is 2.42 bits per heavy atom. The van der Waals surface area contributed by atoms with Crippen molar-refractivity contribution >= 4 is 38.2 Å². The van der Waals surface area contributed by atoms with E-state index in [-0.39, 0.29) is 10.8 Å². The van der Waals surface area contributed by atoms with Gasteiger partial charge in [0.2, 0.25) is 5.91 Å². The summed E-state index contributed by atoms with van der Waals surface area (Å²) in [6.45, 7) is 1.41. The van der Waals surface area contributed by atoms with Crippen LogP contribution in [0.5, 0.6) is 0 Å². The summed E-state index contributed by atoms with van der Waals surface area (Å²) in [5, 5.41) is 3.37. The minimum Gasteiger partial charge on any atom is -0.326 e. The molecular weight excluding hydrogens is 326 g/mol. The van der Waals surface area contributed by atoms with E-state index < -0.39 is 10.0 Å². The number of carbonyl (C=O) groups is 1. The lowest BCUT2D eigenvalue weighted by atomic mass is 10.2. The lowest BCUT2D eigenvalue weighted by Gasteiger charge is -2.10. The highest BCUT2D eigenvalue weighted by molar-refractivity contribution is 7.92. The zero-order valence-electron chi connectivity index (χ0n) is 12.9. The van der Waals surface area contributed by atoms with Gasteiger partial charge < -0.3 is 5.32 Å². The minimum atomic E-state index is -3.71. The first-order chi connectivity index (χ1) is 11.4. The normalized spacial score (nSPS) is 11.2. The second-order valence-electron chi connectivity index (χ2n) is 5.22. The molecule has 0 aliphatic carbocycles. The highest BCUT2D eigenvalue weighted by atomic mass is 32.2. The molecule has 24 heavy (non-hydrogen) atoms. The van der Waals surface area contributed by atoms with Gasteiger partial charge in [0.05, 0.1) is 10.4 Å². The maximum absolute atomic E-state index is 12.5. The number of hydrogen-bond acceptors (Lipinski definition) is 4. The number of benzene rings is 2.